The van der Waals surface area contributed by atoms with Gasteiger partial charge in [-0.15, -0.1) is 0 Å². The maximum Gasteiger partial charge on any atom is 0.321 e. The Hall–Kier alpha value is -2.83. The summed E-state index contributed by atoms with van der Waals surface area (Å²) >= 11 is 0. The number of carbonyl (C=O) groups excluding carboxylic acids is 1. The molecule has 2 amide bonds. The number of benzene rings is 1. The molecule has 150 valence electrons. The highest BCUT2D eigenvalue weighted by Gasteiger charge is 2.21. The van der Waals surface area contributed by atoms with Crippen molar-refractivity contribution in [3.63, 3.8) is 0 Å². The van der Waals surface area contributed by atoms with Crippen LogP contribution in [0.5, 0.6) is 5.75 Å². The number of hydrogen-bond acceptors (Lipinski definition) is 4. The maximum absolute atomic E-state index is 12.6. The van der Waals surface area contributed by atoms with Gasteiger partial charge in [-0.05, 0) is 44.0 Å². The lowest BCUT2D eigenvalue weighted by molar-refractivity contribution is 0.214. The summed E-state index contributed by atoms with van der Waals surface area (Å²) in [5.41, 5.74) is 2.10. The molecule has 1 aliphatic rings. The molecule has 1 aromatic heterocycles. The quantitative estimate of drug-likeness (QED) is 0.748. The average Bonchev–Trinajstić information content (AvgIpc) is 2.89. The van der Waals surface area contributed by atoms with Crippen LogP contribution in [0.15, 0.2) is 29.1 Å². The van der Waals surface area contributed by atoms with Crippen LogP contribution in [0.3, 0.4) is 0 Å². The zero-order chi connectivity index (χ0) is 19.9. The second kappa shape index (κ2) is 9.39. The van der Waals surface area contributed by atoms with E-state index in [-0.39, 0.29) is 11.6 Å². The van der Waals surface area contributed by atoms with E-state index in [1.54, 1.807) is 11.8 Å². The molecule has 0 spiro atoms. The molecule has 28 heavy (non-hydrogen) atoms. The summed E-state index contributed by atoms with van der Waals surface area (Å²) in [6, 6.07) is 7.25. The van der Waals surface area contributed by atoms with Crippen LogP contribution in [0, 0.1) is 6.92 Å². The topological polar surface area (TPSA) is 87.3 Å². The number of aryl methyl sites for hydroxylation is 1. The number of amides is 2. The monoisotopic (exact) mass is 384 g/mol. The number of rotatable bonds is 6. The summed E-state index contributed by atoms with van der Waals surface area (Å²) in [7, 11) is 0. The Kier molecular flexibility index (Phi) is 6.68. The molecule has 2 N–H and O–H groups in total. The SMILES string of the molecule is CCCCCOc1ccc(NC(=O)N2CCc3nc(C)[nH]c(=O)c3CC2)cc1. The largest absolute Gasteiger partial charge is 0.494 e. The number of nitrogens with zero attached hydrogens (tertiary/aromatic N) is 2. The minimum atomic E-state index is -0.169. The van der Waals surface area contributed by atoms with Gasteiger partial charge in [-0.1, -0.05) is 19.8 Å². The summed E-state index contributed by atoms with van der Waals surface area (Å²) in [4.78, 5) is 33.6. The fraction of sp³-hybridized carbons (Fsp3) is 0.476. The van der Waals surface area contributed by atoms with Crippen LogP contribution in [-0.4, -0.2) is 40.6 Å². The first-order valence-electron chi connectivity index (χ1n) is 9.94. The van der Waals surface area contributed by atoms with Gasteiger partial charge in [0, 0.05) is 30.8 Å². The zero-order valence-electron chi connectivity index (χ0n) is 16.6. The van der Waals surface area contributed by atoms with Gasteiger partial charge in [0.25, 0.3) is 5.56 Å². The lowest BCUT2D eigenvalue weighted by Gasteiger charge is -2.20. The highest BCUT2D eigenvalue weighted by molar-refractivity contribution is 5.89. The molecular weight excluding hydrogens is 356 g/mol. The van der Waals surface area contributed by atoms with Gasteiger partial charge in [-0.25, -0.2) is 9.78 Å². The number of aromatic nitrogens is 2. The predicted octanol–water partition coefficient (Wildman–Crippen LogP) is 3.28. The highest BCUT2D eigenvalue weighted by atomic mass is 16.5. The van der Waals surface area contributed by atoms with E-state index in [9.17, 15) is 9.59 Å². The first-order chi connectivity index (χ1) is 13.6. The van der Waals surface area contributed by atoms with Gasteiger partial charge >= 0.3 is 6.03 Å². The number of unbranched alkanes of at least 4 members (excludes halogenated alkanes) is 2. The van der Waals surface area contributed by atoms with E-state index >= 15 is 0 Å². The van der Waals surface area contributed by atoms with E-state index in [1.807, 2.05) is 24.3 Å². The van der Waals surface area contributed by atoms with Crippen LogP contribution in [0.2, 0.25) is 0 Å². The predicted molar refractivity (Wildman–Crippen MR) is 109 cm³/mol. The Balaban J connectivity index is 1.55. The second-order valence-corrected chi connectivity index (χ2v) is 7.07. The summed E-state index contributed by atoms with van der Waals surface area (Å²) in [6.07, 6.45) is 4.46. The normalized spacial score (nSPS) is 13.6. The minimum Gasteiger partial charge on any atom is -0.494 e. The summed E-state index contributed by atoms with van der Waals surface area (Å²) in [5, 5.41) is 2.92. The molecule has 7 nitrogen and oxygen atoms in total. The number of anilines is 1. The van der Waals surface area contributed by atoms with Crippen LogP contribution in [0.4, 0.5) is 10.5 Å². The van der Waals surface area contributed by atoms with Crippen LogP contribution >= 0.6 is 0 Å². The number of urea groups is 1. The van der Waals surface area contributed by atoms with Crippen LogP contribution < -0.4 is 15.6 Å². The van der Waals surface area contributed by atoms with E-state index in [0.717, 1.165) is 30.0 Å². The average molecular weight is 384 g/mol. The van der Waals surface area contributed by atoms with Crippen molar-refractivity contribution in [3.05, 3.63) is 51.7 Å². The van der Waals surface area contributed by atoms with Crippen molar-refractivity contribution in [3.8, 4) is 5.75 Å². The number of hydrogen-bond donors (Lipinski definition) is 2. The fourth-order valence-electron chi connectivity index (χ4n) is 3.31. The van der Waals surface area contributed by atoms with E-state index in [0.29, 0.717) is 43.9 Å². The molecule has 0 bridgehead atoms. The number of nitrogens with one attached hydrogen (secondary N) is 2. The van der Waals surface area contributed by atoms with E-state index < -0.39 is 0 Å². The number of ether oxygens (including phenoxy) is 1. The summed E-state index contributed by atoms with van der Waals surface area (Å²) < 4.78 is 5.69. The van der Waals surface area contributed by atoms with Gasteiger partial charge in [0.1, 0.15) is 11.6 Å². The number of H-pyrrole nitrogens is 1. The maximum atomic E-state index is 12.6. The molecule has 0 saturated heterocycles. The molecule has 7 heteroatoms. The molecule has 2 aromatic rings. The fourth-order valence-corrected chi connectivity index (χ4v) is 3.31. The third kappa shape index (κ3) is 5.12. The Morgan fingerprint density at radius 3 is 2.71 bits per heavy atom. The van der Waals surface area contributed by atoms with E-state index in [2.05, 4.69) is 22.2 Å². The molecule has 0 unspecified atom stereocenters. The first kappa shape index (κ1) is 19.9. The molecule has 2 heterocycles. The van der Waals surface area contributed by atoms with Crippen LogP contribution in [0.1, 0.15) is 43.3 Å². The van der Waals surface area contributed by atoms with Crippen molar-refractivity contribution in [1.82, 2.24) is 14.9 Å². The van der Waals surface area contributed by atoms with Gasteiger partial charge in [-0.3, -0.25) is 4.79 Å². The first-order valence-corrected chi connectivity index (χ1v) is 9.94. The van der Waals surface area contributed by atoms with Gasteiger partial charge in [0.05, 0.1) is 12.3 Å². The summed E-state index contributed by atoms with van der Waals surface area (Å²) in [6.45, 7) is 5.67. The highest BCUT2D eigenvalue weighted by Crippen LogP contribution is 2.17. The second-order valence-electron chi connectivity index (χ2n) is 7.07. The zero-order valence-corrected chi connectivity index (χ0v) is 16.6. The van der Waals surface area contributed by atoms with Gasteiger partial charge < -0.3 is 19.9 Å². The Labute approximate surface area is 165 Å². The molecule has 0 aliphatic carbocycles. The standard InChI is InChI=1S/C21H28N4O3/c1-3-4-5-14-28-17-8-6-16(7-9-17)24-21(27)25-12-10-18-19(11-13-25)22-15(2)23-20(18)26/h6-9H,3-5,10-14H2,1-2H3,(H,24,27)(H,22,23,26). The van der Waals surface area contributed by atoms with E-state index in [4.69, 9.17) is 4.74 Å². The van der Waals surface area contributed by atoms with Crippen LogP contribution in [-0.2, 0) is 12.8 Å². The summed E-state index contributed by atoms with van der Waals surface area (Å²) in [5.74, 6) is 1.42. The molecule has 1 aliphatic heterocycles. The molecule has 0 atom stereocenters. The molecule has 0 saturated carbocycles. The van der Waals surface area contributed by atoms with Crippen molar-refractivity contribution >= 4 is 11.7 Å². The smallest absolute Gasteiger partial charge is 0.321 e. The van der Waals surface area contributed by atoms with Gasteiger partial charge in [-0.2, -0.15) is 0 Å². The molecule has 0 radical (unpaired) electrons. The van der Waals surface area contributed by atoms with Crippen molar-refractivity contribution in [1.29, 1.82) is 0 Å². The molecule has 3 rings (SSSR count). The van der Waals surface area contributed by atoms with Gasteiger partial charge in [0.15, 0.2) is 0 Å². The molecule has 0 fully saturated rings. The Bertz CT molecular complexity index is 861. The Morgan fingerprint density at radius 1 is 1.21 bits per heavy atom. The number of aromatic amines is 1. The number of carbonyl (C=O) groups is 1. The lowest BCUT2D eigenvalue weighted by atomic mass is 10.1. The molecular formula is C21H28N4O3. The Morgan fingerprint density at radius 2 is 1.96 bits per heavy atom. The van der Waals surface area contributed by atoms with Crippen molar-refractivity contribution in [2.75, 3.05) is 25.0 Å². The van der Waals surface area contributed by atoms with Crippen LogP contribution in [0.25, 0.3) is 0 Å². The number of fused-ring (bicyclic) bond motifs is 1. The van der Waals surface area contributed by atoms with Crippen molar-refractivity contribution < 1.29 is 9.53 Å². The molecule has 1 aromatic carbocycles. The van der Waals surface area contributed by atoms with Gasteiger partial charge in [0.2, 0.25) is 0 Å². The van der Waals surface area contributed by atoms with E-state index in [1.165, 1.54) is 6.42 Å². The van der Waals surface area contributed by atoms with Crippen molar-refractivity contribution in [2.24, 2.45) is 0 Å². The van der Waals surface area contributed by atoms with Crippen molar-refractivity contribution in [2.45, 2.75) is 46.0 Å². The third-order valence-electron chi connectivity index (χ3n) is 4.88. The third-order valence-corrected chi connectivity index (χ3v) is 4.88. The minimum absolute atomic E-state index is 0.0979. The lowest BCUT2D eigenvalue weighted by Crippen LogP contribution is -2.36.